The normalized spacial score (nSPS) is 11.1. The monoisotopic (exact) mass is 301 g/mol. The van der Waals surface area contributed by atoms with Crippen molar-refractivity contribution >= 4 is 17.3 Å². The Morgan fingerprint density at radius 3 is 2.90 bits per heavy atom. The summed E-state index contributed by atoms with van der Waals surface area (Å²) in [6.07, 6.45) is 3.32. The molecule has 0 aliphatic carbocycles. The van der Waals surface area contributed by atoms with Gasteiger partial charge in [0.15, 0.2) is 0 Å². The Balaban J connectivity index is 2.41. The second kappa shape index (κ2) is 8.97. The van der Waals surface area contributed by atoms with Crippen molar-refractivity contribution in [3.05, 3.63) is 21.6 Å². The summed E-state index contributed by atoms with van der Waals surface area (Å²) in [5.74, 6) is 0.549. The van der Waals surface area contributed by atoms with Gasteiger partial charge in [-0.05, 0) is 18.8 Å². The van der Waals surface area contributed by atoms with Gasteiger partial charge in [-0.25, -0.2) is 4.68 Å². The third kappa shape index (κ3) is 5.51. The van der Waals surface area contributed by atoms with Gasteiger partial charge in [0.1, 0.15) is 5.02 Å². The van der Waals surface area contributed by atoms with E-state index in [4.69, 9.17) is 16.3 Å². The predicted molar refractivity (Wildman–Crippen MR) is 82.6 cm³/mol. The topological polar surface area (TPSA) is 56.1 Å². The molecule has 114 valence electrons. The van der Waals surface area contributed by atoms with Crippen LogP contribution in [0.4, 0.5) is 5.69 Å². The molecule has 0 saturated heterocycles. The number of nitrogens with zero attached hydrogens (tertiary/aromatic N) is 2. The average Bonchev–Trinajstić information content (AvgIpc) is 2.41. The molecule has 1 rings (SSSR count). The molecule has 1 N–H and O–H groups in total. The molecule has 0 aliphatic rings. The van der Waals surface area contributed by atoms with Crippen molar-refractivity contribution in [2.24, 2.45) is 5.92 Å². The number of hydrogen-bond acceptors (Lipinski definition) is 4. The van der Waals surface area contributed by atoms with Crippen LogP contribution >= 0.6 is 11.6 Å². The van der Waals surface area contributed by atoms with Crippen LogP contribution in [0.2, 0.25) is 5.02 Å². The summed E-state index contributed by atoms with van der Waals surface area (Å²) >= 11 is 6.05. The minimum Gasteiger partial charge on any atom is -0.382 e. The highest BCUT2D eigenvalue weighted by molar-refractivity contribution is 6.32. The number of aryl methyl sites for hydroxylation is 1. The number of halogens is 1. The van der Waals surface area contributed by atoms with Gasteiger partial charge in [-0.3, -0.25) is 4.79 Å². The fourth-order valence-electron chi connectivity index (χ4n) is 1.68. The van der Waals surface area contributed by atoms with E-state index in [2.05, 4.69) is 24.3 Å². The van der Waals surface area contributed by atoms with E-state index < -0.39 is 0 Å². The van der Waals surface area contributed by atoms with E-state index in [1.165, 1.54) is 4.68 Å². The molecule has 1 aromatic heterocycles. The molecular weight excluding hydrogens is 278 g/mol. The van der Waals surface area contributed by atoms with E-state index in [0.29, 0.717) is 31.3 Å². The molecular formula is C14H24ClN3O2. The van der Waals surface area contributed by atoms with Crippen molar-refractivity contribution in [2.45, 2.75) is 40.2 Å². The Labute approximate surface area is 125 Å². The van der Waals surface area contributed by atoms with E-state index in [-0.39, 0.29) is 10.6 Å². The lowest BCUT2D eigenvalue weighted by molar-refractivity contribution is 0.110. The fraction of sp³-hybridized carbons (Fsp3) is 0.714. The molecule has 0 spiro atoms. The standard InChI is InChI=1S/C14H24ClN3O2/c1-4-7-18-14(19)13(15)12(9-17-18)16-6-5-8-20-10-11(2)3/h9,11,16H,4-8,10H2,1-3H3. The van der Waals surface area contributed by atoms with Gasteiger partial charge in [-0.2, -0.15) is 5.10 Å². The first kappa shape index (κ1) is 17.0. The maximum Gasteiger partial charge on any atom is 0.287 e. The Morgan fingerprint density at radius 1 is 1.50 bits per heavy atom. The SMILES string of the molecule is CCCn1ncc(NCCCOCC(C)C)c(Cl)c1=O. The first-order valence-electron chi connectivity index (χ1n) is 7.13. The van der Waals surface area contributed by atoms with Gasteiger partial charge in [0.25, 0.3) is 5.56 Å². The number of ether oxygens (including phenoxy) is 1. The highest BCUT2D eigenvalue weighted by atomic mass is 35.5. The van der Waals surface area contributed by atoms with Crippen molar-refractivity contribution in [3.63, 3.8) is 0 Å². The Bertz CT molecular complexity index is 460. The van der Waals surface area contributed by atoms with Crippen LogP contribution in [0.25, 0.3) is 0 Å². The molecule has 20 heavy (non-hydrogen) atoms. The van der Waals surface area contributed by atoms with Crippen LogP contribution in [0.15, 0.2) is 11.0 Å². The fourth-order valence-corrected chi connectivity index (χ4v) is 1.89. The highest BCUT2D eigenvalue weighted by Crippen LogP contribution is 2.15. The third-order valence-corrected chi connectivity index (χ3v) is 3.02. The molecule has 1 aromatic rings. The summed E-state index contributed by atoms with van der Waals surface area (Å²) < 4.78 is 6.87. The average molecular weight is 302 g/mol. The van der Waals surface area contributed by atoms with Crippen LogP contribution in [-0.2, 0) is 11.3 Å². The minimum absolute atomic E-state index is 0.205. The lowest BCUT2D eigenvalue weighted by atomic mass is 10.2. The number of aromatic nitrogens is 2. The Morgan fingerprint density at radius 2 is 2.25 bits per heavy atom. The molecule has 0 unspecified atom stereocenters. The van der Waals surface area contributed by atoms with E-state index >= 15 is 0 Å². The van der Waals surface area contributed by atoms with Gasteiger partial charge in [-0.15, -0.1) is 0 Å². The largest absolute Gasteiger partial charge is 0.382 e. The summed E-state index contributed by atoms with van der Waals surface area (Å²) in [5, 5.41) is 7.42. The van der Waals surface area contributed by atoms with Gasteiger partial charge in [0.2, 0.25) is 0 Å². The van der Waals surface area contributed by atoms with Crippen molar-refractivity contribution in [2.75, 3.05) is 25.1 Å². The second-order valence-corrected chi connectivity index (χ2v) is 5.53. The maximum atomic E-state index is 11.9. The number of hydrogen-bond donors (Lipinski definition) is 1. The van der Waals surface area contributed by atoms with Gasteiger partial charge in [-0.1, -0.05) is 32.4 Å². The van der Waals surface area contributed by atoms with E-state index in [0.717, 1.165) is 19.4 Å². The van der Waals surface area contributed by atoms with Gasteiger partial charge < -0.3 is 10.1 Å². The number of rotatable bonds is 9. The quantitative estimate of drug-likeness (QED) is 0.713. The molecule has 0 aromatic carbocycles. The first-order valence-corrected chi connectivity index (χ1v) is 7.51. The van der Waals surface area contributed by atoms with Crippen LogP contribution in [0.5, 0.6) is 0 Å². The van der Waals surface area contributed by atoms with Gasteiger partial charge in [0, 0.05) is 26.3 Å². The lowest BCUT2D eigenvalue weighted by Gasteiger charge is -2.10. The van der Waals surface area contributed by atoms with E-state index in [9.17, 15) is 4.79 Å². The van der Waals surface area contributed by atoms with Crippen LogP contribution < -0.4 is 10.9 Å². The zero-order valence-electron chi connectivity index (χ0n) is 12.5. The molecule has 0 aliphatic heterocycles. The molecule has 0 fully saturated rings. The second-order valence-electron chi connectivity index (χ2n) is 5.15. The Hall–Kier alpha value is -1.07. The molecule has 0 bridgehead atoms. The predicted octanol–water partition coefficient (Wildman–Crippen LogP) is 2.78. The smallest absolute Gasteiger partial charge is 0.287 e. The van der Waals surface area contributed by atoms with Crippen molar-refractivity contribution in [3.8, 4) is 0 Å². The van der Waals surface area contributed by atoms with E-state index in [1.54, 1.807) is 6.20 Å². The lowest BCUT2D eigenvalue weighted by Crippen LogP contribution is -2.24. The molecule has 0 amide bonds. The summed E-state index contributed by atoms with van der Waals surface area (Å²) in [6, 6.07) is 0. The molecule has 0 radical (unpaired) electrons. The number of nitrogens with one attached hydrogen (secondary N) is 1. The van der Waals surface area contributed by atoms with Gasteiger partial charge >= 0.3 is 0 Å². The zero-order valence-corrected chi connectivity index (χ0v) is 13.2. The maximum absolute atomic E-state index is 11.9. The van der Waals surface area contributed by atoms with Gasteiger partial charge in [0.05, 0.1) is 11.9 Å². The summed E-state index contributed by atoms with van der Waals surface area (Å²) in [5.41, 5.74) is 0.349. The van der Waals surface area contributed by atoms with Crippen molar-refractivity contribution in [1.82, 2.24) is 9.78 Å². The summed E-state index contributed by atoms with van der Waals surface area (Å²) in [6.45, 7) is 8.99. The van der Waals surface area contributed by atoms with Crippen molar-refractivity contribution < 1.29 is 4.74 Å². The van der Waals surface area contributed by atoms with Crippen LogP contribution in [-0.4, -0.2) is 29.5 Å². The molecule has 0 atom stereocenters. The molecule has 5 nitrogen and oxygen atoms in total. The Kier molecular flexibility index (Phi) is 7.62. The zero-order chi connectivity index (χ0) is 15.0. The molecule has 6 heteroatoms. The number of anilines is 1. The van der Waals surface area contributed by atoms with Crippen molar-refractivity contribution in [1.29, 1.82) is 0 Å². The molecule has 1 heterocycles. The third-order valence-electron chi connectivity index (χ3n) is 2.65. The minimum atomic E-state index is -0.241. The van der Waals surface area contributed by atoms with Crippen LogP contribution in [0.3, 0.4) is 0 Å². The highest BCUT2D eigenvalue weighted by Gasteiger charge is 2.08. The van der Waals surface area contributed by atoms with Crippen LogP contribution in [0, 0.1) is 5.92 Å². The first-order chi connectivity index (χ1) is 9.56. The summed E-state index contributed by atoms with van der Waals surface area (Å²) in [7, 11) is 0. The van der Waals surface area contributed by atoms with Crippen LogP contribution in [0.1, 0.15) is 33.6 Å². The van der Waals surface area contributed by atoms with E-state index in [1.807, 2.05) is 6.92 Å². The summed E-state index contributed by atoms with van der Waals surface area (Å²) in [4.78, 5) is 11.9. The molecule has 0 saturated carbocycles.